The van der Waals surface area contributed by atoms with Gasteiger partial charge in [-0.15, -0.1) is 0 Å². The van der Waals surface area contributed by atoms with Crippen molar-refractivity contribution in [1.29, 1.82) is 0 Å². The van der Waals surface area contributed by atoms with Gasteiger partial charge in [0.2, 0.25) is 0 Å². The quantitative estimate of drug-likeness (QED) is 0.855. The Kier molecular flexibility index (Phi) is 3.74. The molecule has 3 nitrogen and oxygen atoms in total. The number of hydrogen-bond acceptors (Lipinski definition) is 3. The third-order valence-corrected chi connectivity index (χ3v) is 2.64. The number of aliphatic hydroxyl groups is 1. The average molecular weight is 226 g/mol. The lowest BCUT2D eigenvalue weighted by Gasteiger charge is -2.23. The van der Waals surface area contributed by atoms with Gasteiger partial charge in [-0.3, -0.25) is 0 Å². The minimum Gasteiger partial charge on any atom is -0.487 e. The molecule has 0 amide bonds. The molecule has 0 bridgehead atoms. The molecule has 4 heteroatoms. The number of halogens is 1. The van der Waals surface area contributed by atoms with Gasteiger partial charge in [-0.25, -0.2) is 4.39 Å². The van der Waals surface area contributed by atoms with Crippen LogP contribution in [0.5, 0.6) is 5.75 Å². The van der Waals surface area contributed by atoms with Crippen LogP contribution in [0.4, 0.5) is 4.39 Å². The maximum Gasteiger partial charge on any atom is 0.165 e. The second-order valence-electron chi connectivity index (χ2n) is 3.85. The van der Waals surface area contributed by atoms with Crippen molar-refractivity contribution in [2.45, 2.75) is 25.6 Å². The lowest BCUT2D eigenvalue weighted by molar-refractivity contribution is 0.0240. The number of hydrogen-bond donors (Lipinski definition) is 1. The number of ether oxygens (including phenoxy) is 2. The van der Waals surface area contributed by atoms with Crippen LogP contribution in [-0.2, 0) is 11.3 Å². The van der Waals surface area contributed by atoms with Crippen molar-refractivity contribution in [3.8, 4) is 5.75 Å². The number of rotatable bonds is 3. The molecule has 0 atom stereocenters. The van der Waals surface area contributed by atoms with Gasteiger partial charge in [-0.05, 0) is 17.7 Å². The van der Waals surface area contributed by atoms with Crippen LogP contribution in [0.2, 0.25) is 0 Å². The van der Waals surface area contributed by atoms with E-state index in [0.29, 0.717) is 18.8 Å². The fraction of sp³-hybridized carbons (Fsp3) is 0.500. The molecule has 0 spiro atoms. The number of aliphatic hydroxyl groups excluding tert-OH is 1. The predicted molar refractivity (Wildman–Crippen MR) is 56.8 cm³/mol. The van der Waals surface area contributed by atoms with Gasteiger partial charge in [-0.1, -0.05) is 6.07 Å². The Hall–Kier alpha value is -1.13. The van der Waals surface area contributed by atoms with Gasteiger partial charge in [0.05, 0.1) is 19.8 Å². The second-order valence-corrected chi connectivity index (χ2v) is 3.85. The fourth-order valence-electron chi connectivity index (χ4n) is 1.71. The Morgan fingerprint density at radius 2 is 2.12 bits per heavy atom. The van der Waals surface area contributed by atoms with Gasteiger partial charge >= 0.3 is 0 Å². The van der Waals surface area contributed by atoms with Crippen molar-refractivity contribution in [3.63, 3.8) is 0 Å². The minimum atomic E-state index is -0.418. The summed E-state index contributed by atoms with van der Waals surface area (Å²) in [6, 6.07) is 4.53. The van der Waals surface area contributed by atoms with Crippen LogP contribution in [0, 0.1) is 5.82 Å². The lowest BCUT2D eigenvalue weighted by atomic mass is 10.1. The molecular formula is C12H15FO3. The standard InChI is InChI=1S/C12H15FO3/c13-11-7-9(8-14)1-2-12(11)16-10-3-5-15-6-4-10/h1-2,7,10,14H,3-6,8H2. The smallest absolute Gasteiger partial charge is 0.165 e. The van der Waals surface area contributed by atoms with E-state index in [2.05, 4.69) is 0 Å². The van der Waals surface area contributed by atoms with Crippen molar-refractivity contribution in [3.05, 3.63) is 29.6 Å². The summed E-state index contributed by atoms with van der Waals surface area (Å²) in [5, 5.41) is 8.85. The molecule has 88 valence electrons. The Bertz CT molecular complexity index is 348. The largest absolute Gasteiger partial charge is 0.487 e. The van der Waals surface area contributed by atoms with Gasteiger partial charge in [0.1, 0.15) is 6.10 Å². The zero-order valence-corrected chi connectivity index (χ0v) is 8.99. The molecule has 2 rings (SSSR count). The van der Waals surface area contributed by atoms with Crippen molar-refractivity contribution in [2.24, 2.45) is 0 Å². The predicted octanol–water partition coefficient (Wildman–Crippen LogP) is 1.88. The van der Waals surface area contributed by atoms with E-state index in [4.69, 9.17) is 14.6 Å². The molecule has 0 aromatic heterocycles. The molecule has 1 aromatic carbocycles. The maximum atomic E-state index is 13.5. The summed E-state index contributed by atoms with van der Waals surface area (Å²) >= 11 is 0. The Balaban J connectivity index is 2.03. The summed E-state index contributed by atoms with van der Waals surface area (Å²) in [6.45, 7) is 1.18. The highest BCUT2D eigenvalue weighted by atomic mass is 19.1. The van der Waals surface area contributed by atoms with Crippen LogP contribution in [0.1, 0.15) is 18.4 Å². The Morgan fingerprint density at radius 1 is 1.38 bits per heavy atom. The topological polar surface area (TPSA) is 38.7 Å². The highest BCUT2D eigenvalue weighted by molar-refractivity contribution is 5.29. The first kappa shape index (κ1) is 11.4. The molecule has 1 fully saturated rings. The highest BCUT2D eigenvalue weighted by Gasteiger charge is 2.17. The van der Waals surface area contributed by atoms with Crippen molar-refractivity contribution in [2.75, 3.05) is 13.2 Å². The van der Waals surface area contributed by atoms with E-state index in [1.807, 2.05) is 0 Å². The molecule has 0 unspecified atom stereocenters. The van der Waals surface area contributed by atoms with Crippen LogP contribution in [-0.4, -0.2) is 24.4 Å². The molecule has 0 radical (unpaired) electrons. The van der Waals surface area contributed by atoms with Gasteiger partial charge in [0.25, 0.3) is 0 Å². The van der Waals surface area contributed by atoms with Gasteiger partial charge in [0, 0.05) is 12.8 Å². The Morgan fingerprint density at radius 3 is 2.75 bits per heavy atom. The summed E-state index contributed by atoms with van der Waals surface area (Å²) in [5.41, 5.74) is 0.553. The van der Waals surface area contributed by atoms with E-state index in [-0.39, 0.29) is 18.5 Å². The molecule has 0 saturated carbocycles. The molecule has 1 heterocycles. The third kappa shape index (κ3) is 2.71. The van der Waals surface area contributed by atoms with Gasteiger partial charge in [-0.2, -0.15) is 0 Å². The average Bonchev–Trinajstić information content (AvgIpc) is 2.33. The van der Waals surface area contributed by atoms with Gasteiger partial charge in [0.15, 0.2) is 11.6 Å². The zero-order valence-electron chi connectivity index (χ0n) is 8.99. The summed E-state index contributed by atoms with van der Waals surface area (Å²) in [6.07, 6.45) is 1.62. The van der Waals surface area contributed by atoms with Crippen LogP contribution in [0.3, 0.4) is 0 Å². The van der Waals surface area contributed by atoms with Crippen LogP contribution in [0.15, 0.2) is 18.2 Å². The van der Waals surface area contributed by atoms with E-state index in [9.17, 15) is 4.39 Å². The lowest BCUT2D eigenvalue weighted by Crippen LogP contribution is -2.26. The van der Waals surface area contributed by atoms with Crippen LogP contribution >= 0.6 is 0 Å². The SMILES string of the molecule is OCc1ccc(OC2CCOCC2)c(F)c1. The number of benzene rings is 1. The molecule has 0 aliphatic carbocycles. The second kappa shape index (κ2) is 5.27. The summed E-state index contributed by atoms with van der Waals surface area (Å²) in [7, 11) is 0. The maximum absolute atomic E-state index is 13.5. The van der Waals surface area contributed by atoms with Crippen LogP contribution < -0.4 is 4.74 Å². The molecular weight excluding hydrogens is 211 g/mol. The molecule has 16 heavy (non-hydrogen) atoms. The highest BCUT2D eigenvalue weighted by Crippen LogP contribution is 2.22. The van der Waals surface area contributed by atoms with Gasteiger partial charge < -0.3 is 14.6 Å². The monoisotopic (exact) mass is 226 g/mol. The third-order valence-electron chi connectivity index (χ3n) is 2.64. The Labute approximate surface area is 93.8 Å². The van der Waals surface area contributed by atoms with Crippen LogP contribution in [0.25, 0.3) is 0 Å². The zero-order chi connectivity index (χ0) is 11.4. The summed E-state index contributed by atoms with van der Waals surface area (Å²) in [4.78, 5) is 0. The summed E-state index contributed by atoms with van der Waals surface area (Å²) < 4.78 is 24.3. The first-order valence-corrected chi connectivity index (χ1v) is 5.43. The first-order chi connectivity index (χ1) is 7.79. The van der Waals surface area contributed by atoms with E-state index in [0.717, 1.165) is 12.8 Å². The van der Waals surface area contributed by atoms with E-state index in [1.54, 1.807) is 12.1 Å². The molecule has 1 N–H and O–H groups in total. The van der Waals surface area contributed by atoms with Crippen molar-refractivity contribution < 1.29 is 19.0 Å². The van der Waals surface area contributed by atoms with Crippen molar-refractivity contribution in [1.82, 2.24) is 0 Å². The molecule has 1 aliphatic heterocycles. The molecule has 1 aliphatic rings. The van der Waals surface area contributed by atoms with Crippen molar-refractivity contribution >= 4 is 0 Å². The summed E-state index contributed by atoms with van der Waals surface area (Å²) in [5.74, 6) is -0.165. The van der Waals surface area contributed by atoms with E-state index in [1.165, 1.54) is 6.07 Å². The van der Waals surface area contributed by atoms with E-state index < -0.39 is 5.82 Å². The van der Waals surface area contributed by atoms with E-state index >= 15 is 0 Å². The molecule has 1 saturated heterocycles. The normalized spacial score (nSPS) is 17.4. The molecule has 1 aromatic rings. The fourth-order valence-corrected chi connectivity index (χ4v) is 1.71. The minimum absolute atomic E-state index is 0.0308. The first-order valence-electron chi connectivity index (χ1n) is 5.43.